The van der Waals surface area contributed by atoms with Gasteiger partial charge in [0.1, 0.15) is 0 Å². The van der Waals surface area contributed by atoms with Gasteiger partial charge >= 0.3 is 11.9 Å². The first-order valence-electron chi connectivity index (χ1n) is 9.55. The lowest BCUT2D eigenvalue weighted by Crippen LogP contribution is -2.48. The van der Waals surface area contributed by atoms with Crippen LogP contribution in [0.15, 0.2) is 78.9 Å². The Labute approximate surface area is 178 Å². The van der Waals surface area contributed by atoms with E-state index < -0.39 is 30.0 Å². The van der Waals surface area contributed by atoms with Crippen molar-refractivity contribution in [1.82, 2.24) is 5.32 Å². The maximum Gasteiger partial charge on any atom is 0.336 e. The van der Waals surface area contributed by atoms with Gasteiger partial charge in [0.15, 0.2) is 6.10 Å². The van der Waals surface area contributed by atoms with E-state index in [4.69, 9.17) is 0 Å². The molecule has 4 N–H and O–H groups in total. The van der Waals surface area contributed by atoms with Crippen LogP contribution in [0.2, 0.25) is 0 Å². The van der Waals surface area contributed by atoms with Crippen LogP contribution in [0.5, 0.6) is 0 Å². The van der Waals surface area contributed by atoms with E-state index in [0.29, 0.717) is 11.1 Å². The Kier molecular flexibility index (Phi) is 6.79. The van der Waals surface area contributed by atoms with Gasteiger partial charge in [-0.2, -0.15) is 0 Å². The second kappa shape index (κ2) is 9.69. The highest BCUT2D eigenvalue weighted by atomic mass is 16.4. The Balaban J connectivity index is 1.88. The van der Waals surface area contributed by atoms with Crippen LogP contribution in [0.1, 0.15) is 26.3 Å². The fourth-order valence-electron chi connectivity index (χ4n) is 3.27. The molecule has 1 amide bonds. The van der Waals surface area contributed by atoms with Crippen LogP contribution in [0, 0.1) is 0 Å². The van der Waals surface area contributed by atoms with Crippen molar-refractivity contribution >= 4 is 17.8 Å². The van der Waals surface area contributed by atoms with Crippen molar-refractivity contribution in [1.29, 1.82) is 0 Å². The number of aliphatic hydroxyl groups is 1. The molecule has 7 nitrogen and oxygen atoms in total. The van der Waals surface area contributed by atoms with Gasteiger partial charge in [-0.05, 0) is 35.2 Å². The molecule has 0 aliphatic rings. The van der Waals surface area contributed by atoms with Crippen molar-refractivity contribution in [3.63, 3.8) is 0 Å². The number of carbonyl (C=O) groups excluding carboxylic acids is 1. The van der Waals surface area contributed by atoms with Crippen molar-refractivity contribution in [3.05, 3.63) is 95.6 Å². The SMILES string of the molecule is O=C(N[C@H](Cc1ccccc1)[C@@H](O)C(=O)O)c1ccc(-c2ccccc2)c(C(=O)O)c1. The zero-order valence-electron chi connectivity index (χ0n) is 16.4. The molecule has 0 saturated carbocycles. The summed E-state index contributed by atoms with van der Waals surface area (Å²) in [4.78, 5) is 35.9. The van der Waals surface area contributed by atoms with Gasteiger partial charge < -0.3 is 20.6 Å². The van der Waals surface area contributed by atoms with Gasteiger partial charge in [-0.15, -0.1) is 0 Å². The molecular weight excluding hydrogens is 398 g/mol. The Morgan fingerprint density at radius 1 is 0.839 bits per heavy atom. The molecule has 31 heavy (non-hydrogen) atoms. The van der Waals surface area contributed by atoms with Gasteiger partial charge in [0, 0.05) is 5.56 Å². The molecule has 0 bridgehead atoms. The van der Waals surface area contributed by atoms with Gasteiger partial charge in [0.2, 0.25) is 0 Å². The molecule has 0 spiro atoms. The minimum absolute atomic E-state index is 0.0488. The first-order chi connectivity index (χ1) is 14.9. The molecule has 3 rings (SSSR count). The van der Waals surface area contributed by atoms with E-state index in [9.17, 15) is 29.7 Å². The van der Waals surface area contributed by atoms with Gasteiger partial charge in [-0.3, -0.25) is 4.79 Å². The second-order valence-electron chi connectivity index (χ2n) is 6.98. The van der Waals surface area contributed by atoms with E-state index in [0.717, 1.165) is 5.56 Å². The molecule has 7 heteroatoms. The summed E-state index contributed by atoms with van der Waals surface area (Å²) in [5.74, 6) is -3.34. The molecule has 0 saturated heterocycles. The maximum absolute atomic E-state index is 12.8. The standard InChI is InChI=1S/C24H21NO6/c26-21(24(30)31)20(13-15-7-3-1-4-8-15)25-22(27)17-11-12-18(19(14-17)23(28)29)16-9-5-2-6-10-16/h1-12,14,20-21,26H,13H2,(H,25,27)(H,28,29)(H,30,31)/t20-,21-/m1/s1. The number of benzene rings is 3. The topological polar surface area (TPSA) is 124 Å². The van der Waals surface area contributed by atoms with E-state index >= 15 is 0 Å². The van der Waals surface area contributed by atoms with E-state index in [2.05, 4.69) is 5.32 Å². The number of rotatable bonds is 8. The summed E-state index contributed by atoms with van der Waals surface area (Å²) >= 11 is 0. The van der Waals surface area contributed by atoms with Crippen LogP contribution in [-0.4, -0.2) is 45.3 Å². The number of aliphatic carboxylic acids is 1. The molecule has 0 fully saturated rings. The Morgan fingerprint density at radius 3 is 2.03 bits per heavy atom. The second-order valence-corrected chi connectivity index (χ2v) is 6.98. The van der Waals surface area contributed by atoms with E-state index in [1.54, 1.807) is 54.6 Å². The number of carboxylic acids is 2. The number of hydrogen-bond donors (Lipinski definition) is 4. The molecule has 0 unspecified atom stereocenters. The molecule has 0 radical (unpaired) electrons. The van der Waals surface area contributed by atoms with Gasteiger partial charge in [-0.1, -0.05) is 66.7 Å². The zero-order valence-corrected chi connectivity index (χ0v) is 16.4. The molecule has 0 aliphatic carbocycles. The molecule has 0 aromatic heterocycles. The van der Waals surface area contributed by atoms with Crippen LogP contribution in [0.25, 0.3) is 11.1 Å². The fourth-order valence-corrected chi connectivity index (χ4v) is 3.27. The number of aromatic carboxylic acids is 1. The third kappa shape index (κ3) is 5.34. The van der Waals surface area contributed by atoms with Crippen molar-refractivity contribution in [2.75, 3.05) is 0 Å². The lowest BCUT2D eigenvalue weighted by molar-refractivity contribution is -0.148. The monoisotopic (exact) mass is 419 g/mol. The number of aliphatic hydroxyl groups excluding tert-OH is 1. The Bertz CT molecular complexity index is 1080. The van der Waals surface area contributed by atoms with E-state index in [1.165, 1.54) is 18.2 Å². The quantitative estimate of drug-likeness (QED) is 0.445. The zero-order chi connectivity index (χ0) is 22.4. The number of carbonyl (C=O) groups is 3. The third-order valence-electron chi connectivity index (χ3n) is 4.85. The summed E-state index contributed by atoms with van der Waals surface area (Å²) in [6, 6.07) is 20.9. The van der Waals surface area contributed by atoms with E-state index in [-0.39, 0.29) is 17.5 Å². The summed E-state index contributed by atoms with van der Waals surface area (Å²) < 4.78 is 0. The minimum atomic E-state index is -1.83. The average molecular weight is 419 g/mol. The van der Waals surface area contributed by atoms with Crippen LogP contribution < -0.4 is 5.32 Å². The van der Waals surface area contributed by atoms with E-state index in [1.807, 2.05) is 6.07 Å². The largest absolute Gasteiger partial charge is 0.479 e. The Hall–Kier alpha value is -3.97. The summed E-state index contributed by atoms with van der Waals surface area (Å²) in [6.45, 7) is 0. The summed E-state index contributed by atoms with van der Waals surface area (Å²) in [7, 11) is 0. The van der Waals surface area contributed by atoms with Gasteiger partial charge in [0.25, 0.3) is 5.91 Å². The highest BCUT2D eigenvalue weighted by Crippen LogP contribution is 2.25. The minimum Gasteiger partial charge on any atom is -0.479 e. The summed E-state index contributed by atoms with van der Waals surface area (Å²) in [5.41, 5.74) is 1.87. The molecular formula is C24H21NO6. The number of carboxylic acid groups (broad SMARTS) is 2. The average Bonchev–Trinajstić information content (AvgIpc) is 2.78. The molecule has 0 heterocycles. The molecule has 3 aromatic rings. The lowest BCUT2D eigenvalue weighted by atomic mass is 9.96. The molecule has 158 valence electrons. The third-order valence-corrected chi connectivity index (χ3v) is 4.85. The molecule has 2 atom stereocenters. The molecule has 0 aliphatic heterocycles. The van der Waals surface area contributed by atoms with Gasteiger partial charge in [-0.25, -0.2) is 9.59 Å². The number of nitrogens with one attached hydrogen (secondary N) is 1. The maximum atomic E-state index is 12.8. The smallest absolute Gasteiger partial charge is 0.336 e. The van der Waals surface area contributed by atoms with Crippen LogP contribution >= 0.6 is 0 Å². The van der Waals surface area contributed by atoms with Crippen LogP contribution in [0.3, 0.4) is 0 Å². The fraction of sp³-hybridized carbons (Fsp3) is 0.125. The number of hydrogen-bond acceptors (Lipinski definition) is 4. The number of amides is 1. The highest BCUT2D eigenvalue weighted by Gasteiger charge is 2.28. The first-order valence-corrected chi connectivity index (χ1v) is 9.55. The van der Waals surface area contributed by atoms with Crippen LogP contribution in [-0.2, 0) is 11.2 Å². The summed E-state index contributed by atoms with van der Waals surface area (Å²) in [5, 5.41) is 31.4. The normalized spacial score (nSPS) is 12.5. The van der Waals surface area contributed by atoms with Crippen molar-refractivity contribution < 1.29 is 29.7 Å². The summed E-state index contributed by atoms with van der Waals surface area (Å²) in [6.07, 6.45) is -1.74. The van der Waals surface area contributed by atoms with Crippen LogP contribution in [0.4, 0.5) is 0 Å². The van der Waals surface area contributed by atoms with Crippen molar-refractivity contribution in [2.24, 2.45) is 0 Å². The Morgan fingerprint density at radius 2 is 1.45 bits per heavy atom. The predicted octanol–water partition coefficient (Wildman–Crippen LogP) is 2.84. The van der Waals surface area contributed by atoms with Gasteiger partial charge in [0.05, 0.1) is 11.6 Å². The van der Waals surface area contributed by atoms with Crippen molar-refractivity contribution in [2.45, 2.75) is 18.6 Å². The highest BCUT2D eigenvalue weighted by molar-refractivity contribution is 6.01. The predicted molar refractivity (Wildman–Crippen MR) is 114 cm³/mol. The van der Waals surface area contributed by atoms with Crippen molar-refractivity contribution in [3.8, 4) is 11.1 Å². The first kappa shape index (κ1) is 21.7. The lowest BCUT2D eigenvalue weighted by Gasteiger charge is -2.22. The molecule has 3 aromatic carbocycles.